The second-order valence-electron chi connectivity index (χ2n) is 5.55. The highest BCUT2D eigenvalue weighted by atomic mass is 32.1. The molecule has 0 bridgehead atoms. The number of carbonyl (C=O) groups is 2. The molecular formula is C17H19N3O3S. The zero-order chi connectivity index (χ0) is 16.9. The van der Waals surface area contributed by atoms with Crippen molar-refractivity contribution in [3.8, 4) is 5.75 Å². The molecule has 3 rings (SSSR count). The second kappa shape index (κ2) is 7.44. The van der Waals surface area contributed by atoms with Crippen molar-refractivity contribution < 1.29 is 14.3 Å². The standard InChI is InChI=1S/C17H19N3O3S/c1-23-12-7-5-11(6-8-12)9-10-18-16(22)20-17-19-13-3-2-4-14(21)15(13)24-17/h5-8H,2-4,9-10H2,1H3,(H2,18,19,20,22). The quantitative estimate of drug-likeness (QED) is 0.873. The van der Waals surface area contributed by atoms with Gasteiger partial charge in [0.05, 0.1) is 17.7 Å². The number of rotatable bonds is 5. The van der Waals surface area contributed by atoms with Crippen molar-refractivity contribution in [3.05, 3.63) is 40.4 Å². The Morgan fingerprint density at radius 3 is 2.79 bits per heavy atom. The maximum Gasteiger partial charge on any atom is 0.321 e. The fraction of sp³-hybridized carbons (Fsp3) is 0.353. The summed E-state index contributed by atoms with van der Waals surface area (Å²) >= 11 is 1.26. The lowest BCUT2D eigenvalue weighted by atomic mass is 10.0. The Balaban J connectivity index is 1.48. The van der Waals surface area contributed by atoms with Crippen LogP contribution in [0.25, 0.3) is 0 Å². The van der Waals surface area contributed by atoms with Gasteiger partial charge in [-0.3, -0.25) is 10.1 Å². The third-order valence-corrected chi connectivity index (χ3v) is 4.90. The lowest BCUT2D eigenvalue weighted by Crippen LogP contribution is -2.30. The molecule has 24 heavy (non-hydrogen) atoms. The van der Waals surface area contributed by atoms with Crippen molar-refractivity contribution in [1.29, 1.82) is 0 Å². The van der Waals surface area contributed by atoms with Gasteiger partial charge in [-0.1, -0.05) is 23.5 Å². The summed E-state index contributed by atoms with van der Waals surface area (Å²) in [6.45, 7) is 0.516. The Morgan fingerprint density at radius 1 is 1.29 bits per heavy atom. The Hall–Kier alpha value is -2.41. The molecule has 126 valence electrons. The number of carbonyl (C=O) groups excluding carboxylic acids is 2. The van der Waals surface area contributed by atoms with E-state index in [0.717, 1.165) is 36.3 Å². The van der Waals surface area contributed by atoms with E-state index < -0.39 is 0 Å². The van der Waals surface area contributed by atoms with Crippen LogP contribution in [0.2, 0.25) is 0 Å². The molecule has 0 aliphatic heterocycles. The molecule has 1 aromatic carbocycles. The SMILES string of the molecule is COc1ccc(CCNC(=O)Nc2nc3c(s2)C(=O)CCC3)cc1. The number of aromatic nitrogens is 1. The van der Waals surface area contributed by atoms with Crippen LogP contribution in [-0.2, 0) is 12.8 Å². The second-order valence-corrected chi connectivity index (χ2v) is 6.55. The summed E-state index contributed by atoms with van der Waals surface area (Å²) in [6.07, 6.45) is 2.94. The molecule has 6 nitrogen and oxygen atoms in total. The van der Waals surface area contributed by atoms with Gasteiger partial charge in [-0.05, 0) is 37.0 Å². The summed E-state index contributed by atoms with van der Waals surface area (Å²) in [4.78, 5) is 28.8. The third kappa shape index (κ3) is 3.91. The van der Waals surface area contributed by atoms with Crippen molar-refractivity contribution >= 4 is 28.3 Å². The number of hydrogen-bond donors (Lipinski definition) is 2. The van der Waals surface area contributed by atoms with Gasteiger partial charge < -0.3 is 10.1 Å². The van der Waals surface area contributed by atoms with Gasteiger partial charge in [-0.25, -0.2) is 9.78 Å². The highest BCUT2D eigenvalue weighted by Crippen LogP contribution is 2.29. The first-order valence-electron chi connectivity index (χ1n) is 7.86. The van der Waals surface area contributed by atoms with Crippen LogP contribution in [-0.4, -0.2) is 30.5 Å². The van der Waals surface area contributed by atoms with E-state index in [1.165, 1.54) is 11.3 Å². The molecule has 0 fully saturated rings. The number of nitrogens with zero attached hydrogens (tertiary/aromatic N) is 1. The average molecular weight is 345 g/mol. The van der Waals surface area contributed by atoms with Crippen LogP contribution in [0.1, 0.15) is 33.8 Å². The summed E-state index contributed by atoms with van der Waals surface area (Å²) in [7, 11) is 1.63. The molecule has 0 radical (unpaired) electrons. The lowest BCUT2D eigenvalue weighted by molar-refractivity contribution is 0.0976. The summed E-state index contributed by atoms with van der Waals surface area (Å²) in [5.74, 6) is 0.938. The number of aryl methyl sites for hydroxylation is 1. The van der Waals surface area contributed by atoms with Crippen LogP contribution in [0.3, 0.4) is 0 Å². The van der Waals surface area contributed by atoms with Crippen molar-refractivity contribution in [2.45, 2.75) is 25.7 Å². The van der Waals surface area contributed by atoms with E-state index in [4.69, 9.17) is 4.74 Å². The van der Waals surface area contributed by atoms with E-state index in [-0.39, 0.29) is 11.8 Å². The molecule has 0 atom stereocenters. The minimum absolute atomic E-state index is 0.127. The Labute approximate surface area is 144 Å². The summed E-state index contributed by atoms with van der Waals surface area (Å²) in [5.41, 5.74) is 1.93. The van der Waals surface area contributed by atoms with Gasteiger partial charge in [0.15, 0.2) is 10.9 Å². The molecule has 1 heterocycles. The first-order chi connectivity index (χ1) is 11.7. The number of Topliss-reactive ketones (excluding diaryl/α,β-unsaturated/α-hetero) is 1. The minimum atomic E-state index is -0.304. The molecule has 7 heteroatoms. The Kier molecular flexibility index (Phi) is 5.10. The number of ketones is 1. The number of methoxy groups -OCH3 is 1. The summed E-state index contributed by atoms with van der Waals surface area (Å²) in [5, 5.41) is 5.99. The smallest absolute Gasteiger partial charge is 0.321 e. The van der Waals surface area contributed by atoms with E-state index in [1.54, 1.807) is 7.11 Å². The number of amides is 2. The molecule has 2 amide bonds. The van der Waals surface area contributed by atoms with Gasteiger partial charge in [0.1, 0.15) is 5.75 Å². The molecule has 1 aliphatic rings. The lowest BCUT2D eigenvalue weighted by Gasteiger charge is -2.06. The van der Waals surface area contributed by atoms with E-state index in [1.807, 2.05) is 24.3 Å². The van der Waals surface area contributed by atoms with Gasteiger partial charge in [-0.15, -0.1) is 0 Å². The van der Waals surface area contributed by atoms with Gasteiger partial charge in [0.25, 0.3) is 0 Å². The van der Waals surface area contributed by atoms with Crippen molar-refractivity contribution in [2.75, 3.05) is 19.0 Å². The van der Waals surface area contributed by atoms with Crippen LogP contribution < -0.4 is 15.4 Å². The summed E-state index contributed by atoms with van der Waals surface area (Å²) < 4.78 is 5.11. The molecule has 0 unspecified atom stereocenters. The molecular weight excluding hydrogens is 326 g/mol. The zero-order valence-corrected chi connectivity index (χ0v) is 14.2. The average Bonchev–Trinajstić information content (AvgIpc) is 2.99. The van der Waals surface area contributed by atoms with Crippen LogP contribution in [0.5, 0.6) is 5.75 Å². The number of ether oxygens (including phenoxy) is 1. The molecule has 2 aromatic rings. The molecule has 0 saturated heterocycles. The number of nitrogens with one attached hydrogen (secondary N) is 2. The fourth-order valence-corrected chi connectivity index (χ4v) is 3.55. The van der Waals surface area contributed by atoms with Gasteiger partial charge in [-0.2, -0.15) is 0 Å². The largest absolute Gasteiger partial charge is 0.497 e. The van der Waals surface area contributed by atoms with Crippen molar-refractivity contribution in [2.24, 2.45) is 0 Å². The predicted octanol–water partition coefficient (Wildman–Crippen LogP) is 3.03. The van der Waals surface area contributed by atoms with Gasteiger partial charge >= 0.3 is 6.03 Å². The first-order valence-corrected chi connectivity index (χ1v) is 8.68. The first kappa shape index (κ1) is 16.4. The van der Waals surface area contributed by atoms with Gasteiger partial charge in [0, 0.05) is 13.0 Å². The Morgan fingerprint density at radius 2 is 2.08 bits per heavy atom. The number of benzene rings is 1. The maximum atomic E-state index is 11.9. The van der Waals surface area contributed by atoms with E-state index in [0.29, 0.717) is 23.0 Å². The molecule has 0 spiro atoms. The van der Waals surface area contributed by atoms with Crippen LogP contribution >= 0.6 is 11.3 Å². The number of urea groups is 1. The number of hydrogen-bond acceptors (Lipinski definition) is 5. The zero-order valence-electron chi connectivity index (χ0n) is 13.4. The van der Waals surface area contributed by atoms with Gasteiger partial charge in [0.2, 0.25) is 0 Å². The monoisotopic (exact) mass is 345 g/mol. The van der Waals surface area contributed by atoms with Crippen molar-refractivity contribution in [1.82, 2.24) is 10.3 Å². The third-order valence-electron chi connectivity index (χ3n) is 3.85. The minimum Gasteiger partial charge on any atom is -0.497 e. The van der Waals surface area contributed by atoms with Crippen LogP contribution in [0.4, 0.5) is 9.93 Å². The highest BCUT2D eigenvalue weighted by Gasteiger charge is 2.22. The van der Waals surface area contributed by atoms with Crippen molar-refractivity contribution in [3.63, 3.8) is 0 Å². The normalized spacial score (nSPS) is 13.3. The van der Waals surface area contributed by atoms with Crippen LogP contribution in [0, 0.1) is 0 Å². The van der Waals surface area contributed by atoms with E-state index in [2.05, 4.69) is 15.6 Å². The van der Waals surface area contributed by atoms with E-state index in [9.17, 15) is 9.59 Å². The fourth-order valence-electron chi connectivity index (χ4n) is 2.58. The van der Waals surface area contributed by atoms with E-state index >= 15 is 0 Å². The molecule has 1 aliphatic carbocycles. The predicted molar refractivity (Wildman–Crippen MR) is 93.1 cm³/mol. The topological polar surface area (TPSA) is 80.3 Å². The highest BCUT2D eigenvalue weighted by molar-refractivity contribution is 7.17. The van der Waals surface area contributed by atoms with Crippen LogP contribution in [0.15, 0.2) is 24.3 Å². The molecule has 0 saturated carbocycles. The maximum absolute atomic E-state index is 11.9. The summed E-state index contributed by atoms with van der Waals surface area (Å²) in [6, 6.07) is 7.43. The Bertz CT molecular complexity index is 740. The number of anilines is 1. The molecule has 2 N–H and O–H groups in total. The number of thiazole rings is 1. The number of fused-ring (bicyclic) bond motifs is 1. The molecule has 1 aromatic heterocycles.